The van der Waals surface area contributed by atoms with Crippen LogP contribution < -0.4 is 4.74 Å². The van der Waals surface area contributed by atoms with Crippen molar-refractivity contribution in [1.29, 1.82) is 0 Å². The molecule has 84 valence electrons. The summed E-state index contributed by atoms with van der Waals surface area (Å²) in [7, 11) is 1.76. The minimum absolute atomic E-state index is 1.06. The van der Waals surface area contributed by atoms with E-state index in [1.807, 2.05) is 0 Å². The van der Waals surface area contributed by atoms with Gasteiger partial charge in [0.1, 0.15) is 5.75 Å². The molecule has 0 spiro atoms. The van der Waals surface area contributed by atoms with Gasteiger partial charge in [-0.3, -0.25) is 0 Å². The molecule has 0 N–H and O–H groups in total. The van der Waals surface area contributed by atoms with Crippen molar-refractivity contribution in [3.8, 4) is 5.75 Å². The topological polar surface area (TPSA) is 9.23 Å². The van der Waals surface area contributed by atoms with Crippen molar-refractivity contribution >= 4 is 0 Å². The molecule has 0 saturated carbocycles. The molecule has 0 aromatic heterocycles. The molecule has 0 saturated heterocycles. The molecule has 0 atom stereocenters. The number of ether oxygens (including phenoxy) is 1. The van der Waals surface area contributed by atoms with Crippen LogP contribution in [0, 0.1) is 0 Å². The highest BCUT2D eigenvalue weighted by Gasteiger charge is 2.07. The van der Waals surface area contributed by atoms with E-state index in [0.29, 0.717) is 0 Å². The van der Waals surface area contributed by atoms with E-state index in [1.54, 1.807) is 7.11 Å². The van der Waals surface area contributed by atoms with E-state index in [1.165, 1.54) is 30.4 Å². The fraction of sp³-hybridized carbons (Fsp3) is 0.571. The molecule has 1 aromatic rings. The second-order valence-corrected chi connectivity index (χ2v) is 3.95. The van der Waals surface area contributed by atoms with Crippen molar-refractivity contribution < 1.29 is 4.74 Å². The first kappa shape index (κ1) is 12.1. The van der Waals surface area contributed by atoms with Crippen LogP contribution in [0.5, 0.6) is 5.75 Å². The summed E-state index contributed by atoms with van der Waals surface area (Å²) < 4.78 is 5.43. The van der Waals surface area contributed by atoms with Gasteiger partial charge in [0.05, 0.1) is 7.11 Å². The predicted octanol–water partition coefficient (Wildman–Crippen LogP) is 3.99. The second-order valence-electron chi connectivity index (χ2n) is 3.95. The van der Waals surface area contributed by atoms with E-state index in [0.717, 1.165) is 18.6 Å². The van der Waals surface area contributed by atoms with Gasteiger partial charge in [0.2, 0.25) is 0 Å². The first-order valence-corrected chi connectivity index (χ1v) is 5.98. The standard InChI is InChI=1S/C14H22O/c1-4-6-10-13-12(8-5-2)9-7-11-14(13)15-3/h7,9,11H,4-6,8,10H2,1-3H3. The average molecular weight is 206 g/mol. The van der Waals surface area contributed by atoms with Crippen molar-refractivity contribution in [2.75, 3.05) is 7.11 Å². The third kappa shape index (κ3) is 3.26. The summed E-state index contributed by atoms with van der Waals surface area (Å²) in [6, 6.07) is 6.40. The normalized spacial score (nSPS) is 10.3. The number of rotatable bonds is 6. The van der Waals surface area contributed by atoms with Crippen LogP contribution in [-0.4, -0.2) is 7.11 Å². The highest BCUT2D eigenvalue weighted by Crippen LogP contribution is 2.25. The quantitative estimate of drug-likeness (QED) is 0.684. The van der Waals surface area contributed by atoms with E-state index < -0.39 is 0 Å². The highest BCUT2D eigenvalue weighted by molar-refractivity contribution is 5.40. The summed E-state index contributed by atoms with van der Waals surface area (Å²) in [6.07, 6.45) is 6.00. The first-order chi connectivity index (χ1) is 7.33. The van der Waals surface area contributed by atoms with E-state index in [-0.39, 0.29) is 0 Å². The number of aryl methyl sites for hydroxylation is 1. The van der Waals surface area contributed by atoms with Crippen molar-refractivity contribution in [2.45, 2.75) is 46.0 Å². The smallest absolute Gasteiger partial charge is 0.122 e. The van der Waals surface area contributed by atoms with Crippen molar-refractivity contribution in [1.82, 2.24) is 0 Å². The Balaban J connectivity index is 2.92. The summed E-state index contributed by atoms with van der Waals surface area (Å²) >= 11 is 0. The molecule has 0 fully saturated rings. The summed E-state index contributed by atoms with van der Waals surface area (Å²) in [5, 5.41) is 0. The Labute approximate surface area is 93.5 Å². The maximum absolute atomic E-state index is 5.43. The summed E-state index contributed by atoms with van der Waals surface area (Å²) in [5.74, 6) is 1.06. The molecule has 15 heavy (non-hydrogen) atoms. The number of methoxy groups -OCH3 is 1. The maximum atomic E-state index is 5.43. The van der Waals surface area contributed by atoms with E-state index in [4.69, 9.17) is 4.74 Å². The minimum Gasteiger partial charge on any atom is -0.496 e. The zero-order valence-corrected chi connectivity index (χ0v) is 10.2. The van der Waals surface area contributed by atoms with Crippen LogP contribution in [0.1, 0.15) is 44.2 Å². The Kier molecular flexibility index (Phi) is 5.23. The molecule has 0 bridgehead atoms. The Hall–Kier alpha value is -0.980. The van der Waals surface area contributed by atoms with E-state index in [9.17, 15) is 0 Å². The summed E-state index contributed by atoms with van der Waals surface area (Å²) in [5.41, 5.74) is 2.88. The lowest BCUT2D eigenvalue weighted by Crippen LogP contribution is -1.98. The van der Waals surface area contributed by atoms with Gasteiger partial charge >= 0.3 is 0 Å². The zero-order valence-electron chi connectivity index (χ0n) is 10.2. The van der Waals surface area contributed by atoms with Crippen LogP contribution in [0.3, 0.4) is 0 Å². The molecule has 0 aliphatic rings. The number of hydrogen-bond donors (Lipinski definition) is 0. The largest absolute Gasteiger partial charge is 0.496 e. The molecule has 0 heterocycles. The second kappa shape index (κ2) is 6.49. The predicted molar refractivity (Wildman–Crippen MR) is 65.6 cm³/mol. The van der Waals surface area contributed by atoms with Gasteiger partial charge in [-0.25, -0.2) is 0 Å². The Bertz CT molecular complexity index is 291. The SMILES string of the molecule is CCCCc1c(CCC)cccc1OC. The molecule has 1 nitrogen and oxygen atoms in total. The van der Waals surface area contributed by atoms with Gasteiger partial charge in [-0.2, -0.15) is 0 Å². The van der Waals surface area contributed by atoms with E-state index in [2.05, 4.69) is 32.0 Å². The monoisotopic (exact) mass is 206 g/mol. The highest BCUT2D eigenvalue weighted by atomic mass is 16.5. The fourth-order valence-electron chi connectivity index (χ4n) is 1.94. The van der Waals surface area contributed by atoms with E-state index >= 15 is 0 Å². The molecule has 0 unspecified atom stereocenters. The third-order valence-electron chi connectivity index (χ3n) is 2.75. The lowest BCUT2D eigenvalue weighted by Gasteiger charge is -2.13. The lowest BCUT2D eigenvalue weighted by atomic mass is 9.98. The van der Waals surface area contributed by atoms with Crippen LogP contribution in [-0.2, 0) is 12.8 Å². The van der Waals surface area contributed by atoms with Gasteiger partial charge in [0, 0.05) is 0 Å². The van der Waals surface area contributed by atoms with Gasteiger partial charge in [0.15, 0.2) is 0 Å². The molecule has 0 aliphatic carbocycles. The van der Waals surface area contributed by atoms with Gasteiger partial charge in [-0.1, -0.05) is 38.8 Å². The molecule has 1 heteroatoms. The molecule has 1 rings (SSSR count). The summed E-state index contributed by atoms with van der Waals surface area (Å²) in [4.78, 5) is 0. The first-order valence-electron chi connectivity index (χ1n) is 5.98. The van der Waals surface area contributed by atoms with Crippen molar-refractivity contribution in [2.24, 2.45) is 0 Å². The van der Waals surface area contributed by atoms with Crippen molar-refractivity contribution in [3.05, 3.63) is 29.3 Å². The van der Waals surface area contributed by atoms with Crippen LogP contribution in [0.2, 0.25) is 0 Å². The maximum Gasteiger partial charge on any atom is 0.122 e. The minimum atomic E-state index is 1.06. The van der Waals surface area contributed by atoms with Crippen LogP contribution in [0.25, 0.3) is 0 Å². The van der Waals surface area contributed by atoms with Gasteiger partial charge < -0.3 is 4.74 Å². The summed E-state index contributed by atoms with van der Waals surface area (Å²) in [6.45, 7) is 4.46. The molecule has 0 aliphatic heterocycles. The fourth-order valence-corrected chi connectivity index (χ4v) is 1.94. The van der Waals surface area contributed by atoms with Crippen LogP contribution in [0.4, 0.5) is 0 Å². The Morgan fingerprint density at radius 1 is 1.07 bits per heavy atom. The number of benzene rings is 1. The zero-order chi connectivity index (χ0) is 11.1. The number of hydrogen-bond acceptors (Lipinski definition) is 1. The van der Waals surface area contributed by atoms with Gasteiger partial charge in [-0.05, 0) is 36.5 Å². The van der Waals surface area contributed by atoms with Gasteiger partial charge in [-0.15, -0.1) is 0 Å². The number of unbranched alkanes of at least 4 members (excludes halogenated alkanes) is 1. The Morgan fingerprint density at radius 3 is 2.47 bits per heavy atom. The molecule has 0 radical (unpaired) electrons. The van der Waals surface area contributed by atoms with Gasteiger partial charge in [0.25, 0.3) is 0 Å². The molecule has 0 amide bonds. The lowest BCUT2D eigenvalue weighted by molar-refractivity contribution is 0.408. The molecular weight excluding hydrogens is 184 g/mol. The molecule has 1 aromatic carbocycles. The van der Waals surface area contributed by atoms with Crippen LogP contribution >= 0.6 is 0 Å². The van der Waals surface area contributed by atoms with Crippen molar-refractivity contribution in [3.63, 3.8) is 0 Å². The Morgan fingerprint density at radius 2 is 1.87 bits per heavy atom. The average Bonchev–Trinajstić information content (AvgIpc) is 2.27. The third-order valence-corrected chi connectivity index (χ3v) is 2.75. The molecular formula is C14H22O. The van der Waals surface area contributed by atoms with Crippen LogP contribution in [0.15, 0.2) is 18.2 Å².